The first-order valence-corrected chi connectivity index (χ1v) is 9.17. The lowest BCUT2D eigenvalue weighted by Gasteiger charge is -2.10. The van der Waals surface area contributed by atoms with Crippen molar-refractivity contribution in [2.24, 2.45) is 0 Å². The number of hydrogen-bond donors (Lipinski definition) is 1. The summed E-state index contributed by atoms with van der Waals surface area (Å²) in [5.41, 5.74) is 3.59. The van der Waals surface area contributed by atoms with Gasteiger partial charge in [-0.15, -0.1) is 5.10 Å². The second-order valence-electron chi connectivity index (χ2n) is 6.93. The van der Waals surface area contributed by atoms with E-state index in [1.165, 1.54) is 12.5 Å². The maximum Gasteiger partial charge on any atom is 0.231 e. The summed E-state index contributed by atoms with van der Waals surface area (Å²) in [4.78, 5) is 24.4. The summed E-state index contributed by atoms with van der Waals surface area (Å²) in [5, 5.41) is 10.9. The molecule has 3 aromatic rings. The molecule has 0 bridgehead atoms. The predicted octanol–water partition coefficient (Wildman–Crippen LogP) is 2.75. The van der Waals surface area contributed by atoms with Gasteiger partial charge in [-0.2, -0.15) is 0 Å². The summed E-state index contributed by atoms with van der Waals surface area (Å²) in [5.74, 6) is 0.512. The van der Waals surface area contributed by atoms with Gasteiger partial charge in [0, 0.05) is 17.8 Å². The van der Waals surface area contributed by atoms with Crippen molar-refractivity contribution in [3.8, 4) is 11.5 Å². The molecule has 0 atom stereocenters. The Labute approximate surface area is 167 Å². The average molecular weight is 392 g/mol. The molecule has 1 aliphatic rings. The van der Waals surface area contributed by atoms with Gasteiger partial charge in [0.05, 0.1) is 24.3 Å². The number of amides is 1. The third-order valence-electron chi connectivity index (χ3n) is 4.56. The molecule has 0 aliphatic carbocycles. The molecule has 0 saturated heterocycles. The molecule has 1 amide bonds. The number of carbonyl (C=O) groups is 2. The van der Waals surface area contributed by atoms with Crippen molar-refractivity contribution < 1.29 is 19.1 Å². The fraction of sp³-hybridized carbons (Fsp3) is 0.238. The number of aryl methyl sites for hydroxylation is 1. The van der Waals surface area contributed by atoms with Crippen LogP contribution in [0.5, 0.6) is 11.5 Å². The van der Waals surface area contributed by atoms with Crippen LogP contribution in [0.15, 0.2) is 42.6 Å². The highest BCUT2D eigenvalue weighted by Gasteiger charge is 2.20. The summed E-state index contributed by atoms with van der Waals surface area (Å²) in [6, 6.07) is 11.3. The maximum atomic E-state index is 12.5. The summed E-state index contributed by atoms with van der Waals surface area (Å²) >= 11 is 0. The number of nitrogens with one attached hydrogen (secondary N) is 1. The van der Waals surface area contributed by atoms with E-state index in [4.69, 9.17) is 9.47 Å². The maximum absolute atomic E-state index is 12.5. The second-order valence-corrected chi connectivity index (χ2v) is 6.93. The molecule has 1 N–H and O–H groups in total. The van der Waals surface area contributed by atoms with Crippen LogP contribution in [0.25, 0.3) is 0 Å². The van der Waals surface area contributed by atoms with E-state index >= 15 is 0 Å². The number of carbonyl (C=O) groups excluding carboxylic acids is 2. The van der Waals surface area contributed by atoms with E-state index in [0.29, 0.717) is 35.0 Å². The Hall–Kier alpha value is -3.68. The molecule has 8 heteroatoms. The highest BCUT2D eigenvalue weighted by atomic mass is 16.7. The van der Waals surface area contributed by atoms with Crippen LogP contribution >= 0.6 is 0 Å². The Morgan fingerprint density at radius 1 is 1.14 bits per heavy atom. The van der Waals surface area contributed by atoms with E-state index < -0.39 is 0 Å². The van der Waals surface area contributed by atoms with E-state index in [1.807, 2.05) is 31.2 Å². The molecule has 0 saturated carbocycles. The molecule has 0 fully saturated rings. The van der Waals surface area contributed by atoms with E-state index in [9.17, 15) is 9.59 Å². The number of anilines is 1. The van der Waals surface area contributed by atoms with E-state index in [0.717, 1.165) is 5.56 Å². The highest BCUT2D eigenvalue weighted by Crippen LogP contribution is 2.37. The zero-order chi connectivity index (χ0) is 20.4. The lowest BCUT2D eigenvalue weighted by molar-refractivity contribution is -0.115. The van der Waals surface area contributed by atoms with Gasteiger partial charge in [0.25, 0.3) is 0 Å². The fourth-order valence-electron chi connectivity index (χ4n) is 3.07. The number of ether oxygens (including phenoxy) is 2. The third-order valence-corrected chi connectivity index (χ3v) is 4.56. The van der Waals surface area contributed by atoms with Gasteiger partial charge in [-0.1, -0.05) is 35.0 Å². The van der Waals surface area contributed by atoms with Crippen LogP contribution in [0, 0.1) is 6.92 Å². The minimum Gasteiger partial charge on any atom is -0.454 e. The molecule has 148 valence electrons. The van der Waals surface area contributed by atoms with E-state index in [-0.39, 0.29) is 24.9 Å². The topological polar surface area (TPSA) is 95.3 Å². The van der Waals surface area contributed by atoms with Crippen molar-refractivity contribution in [3.63, 3.8) is 0 Å². The van der Waals surface area contributed by atoms with Gasteiger partial charge < -0.3 is 14.8 Å². The number of hydrogen-bond acceptors (Lipinski definition) is 6. The van der Waals surface area contributed by atoms with Crippen molar-refractivity contribution in [2.75, 3.05) is 12.1 Å². The number of fused-ring (bicyclic) bond motifs is 1. The van der Waals surface area contributed by atoms with Crippen LogP contribution in [0.1, 0.15) is 34.1 Å². The molecule has 8 nitrogen and oxygen atoms in total. The largest absolute Gasteiger partial charge is 0.454 e. The Bertz CT molecular complexity index is 1070. The van der Waals surface area contributed by atoms with Gasteiger partial charge in [-0.25, -0.2) is 4.68 Å². The van der Waals surface area contributed by atoms with Crippen LogP contribution in [0.2, 0.25) is 0 Å². The first-order valence-electron chi connectivity index (χ1n) is 9.17. The Morgan fingerprint density at radius 2 is 1.86 bits per heavy atom. The summed E-state index contributed by atoms with van der Waals surface area (Å²) < 4.78 is 12.3. The molecule has 0 unspecified atom stereocenters. The molecular formula is C21H20N4O4. The monoisotopic (exact) mass is 392 g/mol. The molecule has 4 rings (SSSR count). The van der Waals surface area contributed by atoms with Gasteiger partial charge in [-0.05, 0) is 25.5 Å². The summed E-state index contributed by atoms with van der Waals surface area (Å²) in [7, 11) is 0. The molecular weight excluding hydrogens is 372 g/mol. The first-order chi connectivity index (χ1) is 14.0. The smallest absolute Gasteiger partial charge is 0.231 e. The first kappa shape index (κ1) is 18.7. The number of Topliss-reactive ketones (excluding diaryl/α,β-unsaturated/α-hetero) is 1. The zero-order valence-electron chi connectivity index (χ0n) is 16.1. The van der Waals surface area contributed by atoms with Crippen LogP contribution in [-0.4, -0.2) is 33.5 Å². The van der Waals surface area contributed by atoms with Gasteiger partial charge in [0.15, 0.2) is 17.3 Å². The van der Waals surface area contributed by atoms with Crippen molar-refractivity contribution >= 4 is 17.4 Å². The molecule has 2 aromatic carbocycles. The van der Waals surface area contributed by atoms with Crippen LogP contribution < -0.4 is 14.8 Å². The minimum absolute atomic E-state index is 0.0414. The molecule has 1 aliphatic heterocycles. The van der Waals surface area contributed by atoms with Crippen LogP contribution in [0.4, 0.5) is 5.69 Å². The SMILES string of the molecule is CC(=O)c1cc2c(cc1NC(=O)Cc1cn(Cc3ccc(C)cc3)nn1)OCO2. The minimum atomic E-state index is -0.297. The fourth-order valence-corrected chi connectivity index (χ4v) is 3.07. The van der Waals surface area contributed by atoms with Gasteiger partial charge in [-0.3, -0.25) is 9.59 Å². The van der Waals surface area contributed by atoms with Crippen LogP contribution in [0.3, 0.4) is 0 Å². The van der Waals surface area contributed by atoms with E-state index in [2.05, 4.69) is 15.6 Å². The van der Waals surface area contributed by atoms with Gasteiger partial charge in [0.1, 0.15) is 0 Å². The molecule has 0 spiro atoms. The Morgan fingerprint density at radius 3 is 2.59 bits per heavy atom. The number of nitrogens with zero attached hydrogens (tertiary/aromatic N) is 3. The van der Waals surface area contributed by atoms with Crippen molar-refractivity contribution in [2.45, 2.75) is 26.8 Å². The average Bonchev–Trinajstić information content (AvgIpc) is 3.31. The van der Waals surface area contributed by atoms with Crippen LogP contribution in [-0.2, 0) is 17.8 Å². The van der Waals surface area contributed by atoms with Crippen molar-refractivity contribution in [1.82, 2.24) is 15.0 Å². The number of ketones is 1. The molecule has 29 heavy (non-hydrogen) atoms. The summed E-state index contributed by atoms with van der Waals surface area (Å²) in [6.45, 7) is 4.14. The van der Waals surface area contributed by atoms with E-state index in [1.54, 1.807) is 23.0 Å². The second kappa shape index (κ2) is 7.75. The normalized spacial score (nSPS) is 12.1. The van der Waals surface area contributed by atoms with Gasteiger partial charge in [0.2, 0.25) is 12.7 Å². The number of aromatic nitrogens is 3. The predicted molar refractivity (Wildman–Crippen MR) is 105 cm³/mol. The highest BCUT2D eigenvalue weighted by molar-refractivity contribution is 6.04. The number of benzene rings is 2. The molecule has 2 heterocycles. The lowest BCUT2D eigenvalue weighted by Crippen LogP contribution is -2.16. The standard InChI is InChI=1S/C21H20N4O4/c1-13-3-5-15(6-4-13)10-25-11-16(23-24-25)7-21(27)22-18-9-20-19(28-12-29-20)8-17(18)14(2)26/h3-6,8-9,11H,7,10,12H2,1-2H3,(H,22,27). The molecule has 0 radical (unpaired) electrons. The summed E-state index contributed by atoms with van der Waals surface area (Å²) in [6.07, 6.45) is 1.78. The van der Waals surface area contributed by atoms with Gasteiger partial charge >= 0.3 is 0 Å². The Balaban J connectivity index is 1.43. The zero-order valence-corrected chi connectivity index (χ0v) is 16.1. The Kier molecular flexibility index (Phi) is 4.99. The molecule has 1 aromatic heterocycles. The lowest BCUT2D eigenvalue weighted by atomic mass is 10.1. The van der Waals surface area contributed by atoms with Crippen molar-refractivity contribution in [3.05, 3.63) is 65.0 Å². The van der Waals surface area contributed by atoms with Crippen molar-refractivity contribution in [1.29, 1.82) is 0 Å². The quantitative estimate of drug-likeness (QED) is 0.648. The number of rotatable bonds is 6. The third kappa shape index (κ3) is 4.26.